The van der Waals surface area contributed by atoms with Gasteiger partial charge in [0.15, 0.2) is 0 Å². The van der Waals surface area contributed by atoms with Gasteiger partial charge in [0, 0.05) is 6.54 Å². The van der Waals surface area contributed by atoms with Crippen LogP contribution in [0.3, 0.4) is 0 Å². The van der Waals surface area contributed by atoms with Gasteiger partial charge in [-0.3, -0.25) is 9.69 Å². The lowest BCUT2D eigenvalue weighted by Gasteiger charge is -2.41. The molecule has 0 aliphatic carbocycles. The van der Waals surface area contributed by atoms with Crippen molar-refractivity contribution in [3.05, 3.63) is 64.3 Å². The number of nitrogens with zero attached hydrogens (tertiary/aromatic N) is 1. The molecule has 6 rings (SSSR count). The van der Waals surface area contributed by atoms with Crippen molar-refractivity contribution in [1.29, 1.82) is 0 Å². The van der Waals surface area contributed by atoms with Crippen molar-refractivity contribution in [1.82, 2.24) is 4.90 Å². The minimum atomic E-state index is -0.0111. The van der Waals surface area contributed by atoms with Crippen molar-refractivity contribution in [2.24, 2.45) is 5.92 Å². The summed E-state index contributed by atoms with van der Waals surface area (Å²) in [6, 6.07) is 12.8. The maximum atomic E-state index is 12.7. The SMILES string of the molecule is O=c1c2ccccc2oc2ccc(OC/C=C3\CN4CCC3CC4)cc12. The third kappa shape index (κ3) is 2.71. The zero-order valence-electron chi connectivity index (χ0n) is 14.6. The quantitative estimate of drug-likeness (QED) is 0.531. The fourth-order valence-corrected chi connectivity index (χ4v) is 4.20. The summed E-state index contributed by atoms with van der Waals surface area (Å²) in [6.07, 6.45) is 4.77. The zero-order valence-corrected chi connectivity index (χ0v) is 14.6. The molecule has 3 fully saturated rings. The summed E-state index contributed by atoms with van der Waals surface area (Å²) in [4.78, 5) is 15.2. The van der Waals surface area contributed by atoms with E-state index < -0.39 is 0 Å². The first-order valence-corrected chi connectivity index (χ1v) is 9.27. The smallest absolute Gasteiger partial charge is 0.200 e. The van der Waals surface area contributed by atoms with E-state index in [0.29, 0.717) is 34.3 Å². The molecule has 26 heavy (non-hydrogen) atoms. The number of piperidine rings is 3. The molecule has 4 heteroatoms. The zero-order chi connectivity index (χ0) is 17.5. The molecule has 4 heterocycles. The fraction of sp³-hybridized carbons (Fsp3) is 0.318. The molecule has 2 aromatic carbocycles. The maximum absolute atomic E-state index is 12.7. The molecule has 0 radical (unpaired) electrons. The molecule has 0 atom stereocenters. The Bertz CT molecular complexity index is 1060. The topological polar surface area (TPSA) is 42.7 Å². The van der Waals surface area contributed by atoms with E-state index in [0.717, 1.165) is 12.5 Å². The van der Waals surface area contributed by atoms with Gasteiger partial charge in [-0.2, -0.15) is 0 Å². The molecule has 3 aromatic rings. The van der Waals surface area contributed by atoms with Gasteiger partial charge in [0.2, 0.25) is 5.43 Å². The Hall–Kier alpha value is -2.59. The lowest BCUT2D eigenvalue weighted by atomic mass is 9.84. The van der Waals surface area contributed by atoms with Gasteiger partial charge in [-0.15, -0.1) is 0 Å². The van der Waals surface area contributed by atoms with Crippen molar-refractivity contribution in [3.63, 3.8) is 0 Å². The minimum absolute atomic E-state index is 0.0111. The van der Waals surface area contributed by atoms with E-state index in [2.05, 4.69) is 11.0 Å². The third-order valence-electron chi connectivity index (χ3n) is 5.66. The van der Waals surface area contributed by atoms with Crippen molar-refractivity contribution in [2.45, 2.75) is 12.8 Å². The first-order valence-electron chi connectivity index (χ1n) is 9.27. The average molecular weight is 347 g/mol. The largest absolute Gasteiger partial charge is 0.490 e. The van der Waals surface area contributed by atoms with E-state index in [-0.39, 0.29) is 5.43 Å². The molecule has 3 aliphatic heterocycles. The van der Waals surface area contributed by atoms with Gasteiger partial charge in [0.05, 0.1) is 10.8 Å². The van der Waals surface area contributed by atoms with E-state index in [1.54, 1.807) is 12.1 Å². The van der Waals surface area contributed by atoms with Crippen LogP contribution in [-0.4, -0.2) is 31.1 Å². The van der Waals surface area contributed by atoms with Crippen molar-refractivity contribution >= 4 is 21.9 Å². The Balaban J connectivity index is 1.40. The molecule has 1 aromatic heterocycles. The van der Waals surface area contributed by atoms with Crippen LogP contribution in [0, 0.1) is 5.92 Å². The first-order chi connectivity index (χ1) is 12.8. The number of benzene rings is 2. The molecule has 132 valence electrons. The Morgan fingerprint density at radius 2 is 1.88 bits per heavy atom. The van der Waals surface area contributed by atoms with E-state index in [1.807, 2.05) is 30.3 Å². The predicted molar refractivity (Wildman–Crippen MR) is 103 cm³/mol. The van der Waals surface area contributed by atoms with Crippen LogP contribution < -0.4 is 10.2 Å². The molecular formula is C22H21NO3. The van der Waals surface area contributed by atoms with Crippen LogP contribution in [0.25, 0.3) is 21.9 Å². The molecule has 3 aliphatic rings. The van der Waals surface area contributed by atoms with E-state index in [9.17, 15) is 4.79 Å². The molecule has 0 amide bonds. The summed E-state index contributed by atoms with van der Waals surface area (Å²) in [5.41, 5.74) is 2.71. The van der Waals surface area contributed by atoms with Gasteiger partial charge in [-0.05, 0) is 68.3 Å². The monoisotopic (exact) mass is 347 g/mol. The summed E-state index contributed by atoms with van der Waals surface area (Å²) in [6.45, 7) is 4.10. The standard InChI is InChI=1S/C22H21NO3/c24-22-18-3-1-2-4-20(18)26-21-6-5-17(13-19(21)22)25-12-9-16-14-23-10-7-15(16)8-11-23/h1-6,9,13,15H,7-8,10-12,14H2/b16-9+. The van der Waals surface area contributed by atoms with Gasteiger partial charge in [0.25, 0.3) is 0 Å². The highest BCUT2D eigenvalue weighted by Gasteiger charge is 2.28. The average Bonchev–Trinajstić information content (AvgIpc) is 2.70. The number of fused-ring (bicyclic) bond motifs is 5. The lowest BCUT2D eigenvalue weighted by molar-refractivity contribution is 0.160. The predicted octanol–water partition coefficient (Wildman–Crippen LogP) is 3.98. The minimum Gasteiger partial charge on any atom is -0.490 e. The molecule has 0 N–H and O–H groups in total. The molecular weight excluding hydrogens is 326 g/mol. The molecule has 2 bridgehead atoms. The number of hydrogen-bond donors (Lipinski definition) is 0. The van der Waals surface area contributed by atoms with Crippen LogP contribution in [0.15, 0.2) is 63.3 Å². The van der Waals surface area contributed by atoms with Gasteiger partial charge in [0.1, 0.15) is 23.5 Å². The van der Waals surface area contributed by atoms with E-state index in [1.165, 1.54) is 31.5 Å². The second-order valence-corrected chi connectivity index (χ2v) is 7.23. The Labute approximate surface area is 151 Å². The number of rotatable bonds is 3. The van der Waals surface area contributed by atoms with Crippen LogP contribution in [0.2, 0.25) is 0 Å². The number of hydrogen-bond acceptors (Lipinski definition) is 4. The van der Waals surface area contributed by atoms with Gasteiger partial charge in [-0.1, -0.05) is 17.7 Å². The van der Waals surface area contributed by atoms with Gasteiger partial charge >= 0.3 is 0 Å². The Morgan fingerprint density at radius 1 is 1.08 bits per heavy atom. The summed E-state index contributed by atoms with van der Waals surface area (Å²) in [7, 11) is 0. The summed E-state index contributed by atoms with van der Waals surface area (Å²) in [5, 5.41) is 1.17. The third-order valence-corrected chi connectivity index (χ3v) is 5.66. The van der Waals surface area contributed by atoms with Crippen LogP contribution in [0.1, 0.15) is 12.8 Å². The molecule has 4 nitrogen and oxygen atoms in total. The highest BCUT2D eigenvalue weighted by molar-refractivity contribution is 5.90. The van der Waals surface area contributed by atoms with Crippen molar-refractivity contribution in [2.75, 3.05) is 26.2 Å². The first kappa shape index (κ1) is 15.6. The molecule has 0 unspecified atom stereocenters. The highest BCUT2D eigenvalue weighted by Crippen LogP contribution is 2.31. The van der Waals surface area contributed by atoms with Crippen LogP contribution in [0.4, 0.5) is 0 Å². The number of para-hydroxylation sites is 1. The second-order valence-electron chi connectivity index (χ2n) is 7.23. The van der Waals surface area contributed by atoms with Crippen molar-refractivity contribution < 1.29 is 9.15 Å². The summed E-state index contributed by atoms with van der Waals surface area (Å²) in [5.74, 6) is 1.44. The normalized spacial score (nSPS) is 23.8. The summed E-state index contributed by atoms with van der Waals surface area (Å²) < 4.78 is 11.8. The summed E-state index contributed by atoms with van der Waals surface area (Å²) >= 11 is 0. The van der Waals surface area contributed by atoms with Crippen molar-refractivity contribution in [3.8, 4) is 5.75 Å². The second kappa shape index (κ2) is 6.29. The molecule has 0 spiro atoms. The highest BCUT2D eigenvalue weighted by atomic mass is 16.5. The lowest BCUT2D eigenvalue weighted by Crippen LogP contribution is -2.43. The Kier molecular flexibility index (Phi) is 3.79. The van der Waals surface area contributed by atoms with E-state index in [4.69, 9.17) is 9.15 Å². The molecule has 3 saturated heterocycles. The maximum Gasteiger partial charge on any atom is 0.200 e. The van der Waals surface area contributed by atoms with Crippen LogP contribution in [-0.2, 0) is 0 Å². The Morgan fingerprint density at radius 3 is 2.69 bits per heavy atom. The fourth-order valence-electron chi connectivity index (χ4n) is 4.20. The van der Waals surface area contributed by atoms with Crippen LogP contribution >= 0.6 is 0 Å². The molecule has 0 saturated carbocycles. The van der Waals surface area contributed by atoms with Gasteiger partial charge < -0.3 is 9.15 Å². The van der Waals surface area contributed by atoms with E-state index >= 15 is 0 Å². The number of ether oxygens (including phenoxy) is 1. The van der Waals surface area contributed by atoms with Crippen LogP contribution in [0.5, 0.6) is 5.75 Å². The van der Waals surface area contributed by atoms with Gasteiger partial charge in [-0.25, -0.2) is 0 Å².